The van der Waals surface area contributed by atoms with Crippen molar-refractivity contribution in [2.75, 3.05) is 19.7 Å². The number of morpholine rings is 1. The standard InChI is InChI=1S/C17H20N2O6/c1-12-9-18(10-13(2)25-12)16(20)11-24-17(21)7-6-14-4-3-5-15(8-14)19(22)23/h3-8,12-13H,9-11H2,1-2H3. The second-order valence-electron chi connectivity index (χ2n) is 5.85. The van der Waals surface area contributed by atoms with Crippen LogP contribution in [0, 0.1) is 10.1 Å². The average Bonchev–Trinajstić information content (AvgIpc) is 2.57. The zero-order valence-corrected chi connectivity index (χ0v) is 14.1. The first-order valence-corrected chi connectivity index (χ1v) is 7.87. The summed E-state index contributed by atoms with van der Waals surface area (Å²) in [6.07, 6.45) is 2.42. The van der Waals surface area contributed by atoms with Crippen molar-refractivity contribution >= 4 is 23.6 Å². The lowest BCUT2D eigenvalue weighted by Crippen LogP contribution is -2.49. The van der Waals surface area contributed by atoms with E-state index in [2.05, 4.69) is 0 Å². The van der Waals surface area contributed by atoms with Crippen LogP contribution in [0.2, 0.25) is 0 Å². The number of ether oxygens (including phenoxy) is 2. The molecule has 0 aromatic heterocycles. The summed E-state index contributed by atoms with van der Waals surface area (Å²) >= 11 is 0. The van der Waals surface area contributed by atoms with Crippen LogP contribution in [0.25, 0.3) is 6.08 Å². The molecule has 1 aromatic rings. The monoisotopic (exact) mass is 348 g/mol. The zero-order valence-electron chi connectivity index (χ0n) is 14.1. The summed E-state index contributed by atoms with van der Waals surface area (Å²) in [5.74, 6) is -0.965. The van der Waals surface area contributed by atoms with Crippen molar-refractivity contribution in [2.24, 2.45) is 0 Å². The Labute approximate surface area is 145 Å². The van der Waals surface area contributed by atoms with Gasteiger partial charge in [-0.15, -0.1) is 0 Å². The Morgan fingerprint density at radius 2 is 2.04 bits per heavy atom. The van der Waals surface area contributed by atoms with Crippen LogP contribution in [0.5, 0.6) is 0 Å². The smallest absolute Gasteiger partial charge is 0.331 e. The molecule has 1 heterocycles. The zero-order chi connectivity index (χ0) is 18.4. The lowest BCUT2D eigenvalue weighted by Gasteiger charge is -2.35. The third-order valence-electron chi connectivity index (χ3n) is 3.60. The third kappa shape index (κ3) is 5.68. The molecule has 0 spiro atoms. The van der Waals surface area contributed by atoms with Gasteiger partial charge in [-0.1, -0.05) is 12.1 Å². The van der Waals surface area contributed by atoms with Gasteiger partial charge in [-0.2, -0.15) is 0 Å². The van der Waals surface area contributed by atoms with E-state index in [4.69, 9.17) is 9.47 Å². The van der Waals surface area contributed by atoms with Gasteiger partial charge in [0.1, 0.15) is 0 Å². The van der Waals surface area contributed by atoms with Gasteiger partial charge < -0.3 is 14.4 Å². The lowest BCUT2D eigenvalue weighted by atomic mass is 10.2. The molecule has 2 atom stereocenters. The third-order valence-corrected chi connectivity index (χ3v) is 3.60. The maximum absolute atomic E-state index is 12.1. The Kier molecular flexibility index (Phi) is 6.24. The van der Waals surface area contributed by atoms with E-state index >= 15 is 0 Å². The predicted molar refractivity (Wildman–Crippen MR) is 89.7 cm³/mol. The number of carbonyl (C=O) groups excluding carboxylic acids is 2. The molecule has 1 saturated heterocycles. The molecular formula is C17H20N2O6. The van der Waals surface area contributed by atoms with Crippen LogP contribution >= 0.6 is 0 Å². The molecule has 25 heavy (non-hydrogen) atoms. The minimum absolute atomic E-state index is 0.0582. The van der Waals surface area contributed by atoms with Crippen molar-refractivity contribution in [3.05, 3.63) is 46.0 Å². The summed E-state index contributed by atoms with van der Waals surface area (Å²) < 4.78 is 10.5. The molecule has 1 amide bonds. The highest BCUT2D eigenvalue weighted by Crippen LogP contribution is 2.14. The summed E-state index contributed by atoms with van der Waals surface area (Å²) in [5, 5.41) is 10.7. The van der Waals surface area contributed by atoms with Gasteiger partial charge in [0.05, 0.1) is 17.1 Å². The summed E-state index contributed by atoms with van der Waals surface area (Å²) in [6, 6.07) is 5.84. The first-order chi connectivity index (χ1) is 11.8. The normalized spacial score (nSPS) is 20.5. The Hall–Kier alpha value is -2.74. The molecule has 2 unspecified atom stereocenters. The van der Waals surface area contributed by atoms with Crippen molar-refractivity contribution in [1.82, 2.24) is 4.90 Å². The molecular weight excluding hydrogens is 328 g/mol. The first kappa shape index (κ1) is 18.6. The second kappa shape index (κ2) is 8.39. The topological polar surface area (TPSA) is 99.0 Å². The molecule has 0 bridgehead atoms. The predicted octanol–water partition coefficient (Wildman–Crippen LogP) is 1.79. The van der Waals surface area contributed by atoms with Crippen LogP contribution in [0.4, 0.5) is 5.69 Å². The largest absolute Gasteiger partial charge is 0.452 e. The van der Waals surface area contributed by atoms with Crippen molar-refractivity contribution in [2.45, 2.75) is 26.1 Å². The molecule has 0 saturated carbocycles. The van der Waals surface area contributed by atoms with Gasteiger partial charge in [-0.05, 0) is 25.5 Å². The minimum atomic E-state index is -0.686. The minimum Gasteiger partial charge on any atom is -0.452 e. The van der Waals surface area contributed by atoms with Crippen LogP contribution in [-0.2, 0) is 19.1 Å². The van der Waals surface area contributed by atoms with Gasteiger partial charge in [0.25, 0.3) is 11.6 Å². The molecule has 1 aliphatic rings. The highest BCUT2D eigenvalue weighted by atomic mass is 16.6. The van der Waals surface area contributed by atoms with Gasteiger partial charge in [0.15, 0.2) is 6.61 Å². The maximum Gasteiger partial charge on any atom is 0.331 e. The van der Waals surface area contributed by atoms with Gasteiger partial charge in [0, 0.05) is 31.3 Å². The number of hydrogen-bond acceptors (Lipinski definition) is 6. The van der Waals surface area contributed by atoms with Gasteiger partial charge in [0.2, 0.25) is 0 Å². The molecule has 2 rings (SSSR count). The van der Waals surface area contributed by atoms with E-state index in [1.165, 1.54) is 24.3 Å². The first-order valence-electron chi connectivity index (χ1n) is 7.87. The van der Waals surface area contributed by atoms with Crippen molar-refractivity contribution in [1.29, 1.82) is 0 Å². The van der Waals surface area contributed by atoms with E-state index in [1.807, 2.05) is 13.8 Å². The highest BCUT2D eigenvalue weighted by molar-refractivity contribution is 5.89. The molecule has 134 valence electrons. The van der Waals surface area contributed by atoms with Crippen molar-refractivity contribution < 1.29 is 24.0 Å². The Bertz CT molecular complexity index is 677. The van der Waals surface area contributed by atoms with Crippen LogP contribution in [-0.4, -0.2) is 53.6 Å². The Morgan fingerprint density at radius 1 is 1.36 bits per heavy atom. The fourth-order valence-electron chi connectivity index (χ4n) is 2.56. The van der Waals surface area contributed by atoms with Gasteiger partial charge in [-0.3, -0.25) is 14.9 Å². The molecule has 0 aliphatic carbocycles. The fraction of sp³-hybridized carbons (Fsp3) is 0.412. The SMILES string of the molecule is CC1CN(C(=O)COC(=O)C=Cc2cccc([N+](=O)[O-])c2)CC(C)O1. The number of carbonyl (C=O) groups is 2. The highest BCUT2D eigenvalue weighted by Gasteiger charge is 2.26. The molecule has 8 nitrogen and oxygen atoms in total. The molecule has 1 fully saturated rings. The number of nitro benzene ring substituents is 1. The molecule has 1 aliphatic heterocycles. The van der Waals surface area contributed by atoms with Crippen molar-refractivity contribution in [3.63, 3.8) is 0 Å². The average molecular weight is 348 g/mol. The number of nitrogens with zero attached hydrogens (tertiary/aromatic N) is 2. The molecule has 0 radical (unpaired) electrons. The van der Waals surface area contributed by atoms with Gasteiger partial charge >= 0.3 is 5.97 Å². The van der Waals surface area contributed by atoms with Crippen LogP contribution in [0.3, 0.4) is 0 Å². The van der Waals surface area contributed by atoms with Crippen LogP contribution in [0.1, 0.15) is 19.4 Å². The Morgan fingerprint density at radius 3 is 2.68 bits per heavy atom. The van der Waals surface area contributed by atoms with Crippen LogP contribution < -0.4 is 0 Å². The number of amides is 1. The number of non-ortho nitro benzene ring substituents is 1. The maximum atomic E-state index is 12.1. The number of nitro groups is 1. The lowest BCUT2D eigenvalue weighted by molar-refractivity contribution is -0.384. The molecule has 8 heteroatoms. The fourth-order valence-corrected chi connectivity index (χ4v) is 2.56. The van der Waals surface area contributed by atoms with E-state index < -0.39 is 10.9 Å². The number of hydrogen-bond donors (Lipinski definition) is 0. The Balaban J connectivity index is 1.85. The number of rotatable bonds is 5. The van der Waals surface area contributed by atoms with Crippen molar-refractivity contribution in [3.8, 4) is 0 Å². The molecule has 0 N–H and O–H groups in total. The number of benzene rings is 1. The van der Waals surface area contributed by atoms with Gasteiger partial charge in [-0.25, -0.2) is 4.79 Å². The summed E-state index contributed by atoms with van der Waals surface area (Å²) in [4.78, 5) is 35.6. The van der Waals surface area contributed by atoms with E-state index in [-0.39, 0.29) is 30.4 Å². The van der Waals surface area contributed by atoms with E-state index in [1.54, 1.807) is 11.0 Å². The van der Waals surface area contributed by atoms with E-state index in [0.717, 1.165) is 6.08 Å². The summed E-state index contributed by atoms with van der Waals surface area (Å²) in [5.41, 5.74) is 0.426. The second-order valence-corrected chi connectivity index (χ2v) is 5.85. The summed E-state index contributed by atoms with van der Waals surface area (Å²) in [6.45, 7) is 4.33. The summed E-state index contributed by atoms with van der Waals surface area (Å²) in [7, 11) is 0. The number of esters is 1. The van der Waals surface area contributed by atoms with E-state index in [9.17, 15) is 19.7 Å². The van der Waals surface area contributed by atoms with Crippen LogP contribution in [0.15, 0.2) is 30.3 Å². The van der Waals surface area contributed by atoms with E-state index in [0.29, 0.717) is 18.7 Å². The molecule has 1 aromatic carbocycles. The quantitative estimate of drug-likeness (QED) is 0.348.